The minimum absolute atomic E-state index is 0.248. The maximum absolute atomic E-state index is 13.6. The largest absolute Gasteiger partial charge is 0.479 e. The summed E-state index contributed by atoms with van der Waals surface area (Å²) < 4.78 is 20.3. The van der Waals surface area contributed by atoms with Gasteiger partial charge in [-0.05, 0) is 97.7 Å². The van der Waals surface area contributed by atoms with Gasteiger partial charge in [-0.25, -0.2) is 9.18 Å². The summed E-state index contributed by atoms with van der Waals surface area (Å²) in [6, 6.07) is 5.66. The molecule has 3 rings (SSSR count). The zero-order valence-electron chi connectivity index (χ0n) is 17.7. The number of rotatable bonds is 4. The van der Waals surface area contributed by atoms with E-state index >= 15 is 0 Å². The van der Waals surface area contributed by atoms with Crippen LogP contribution in [-0.4, -0.2) is 27.5 Å². The first-order valence-corrected chi connectivity index (χ1v) is 10.7. The average Bonchev–Trinajstić information content (AvgIpc) is 3.10. The topological polar surface area (TPSA) is 66.8 Å². The summed E-state index contributed by atoms with van der Waals surface area (Å²) >= 11 is 2.17. The van der Waals surface area contributed by atoms with Gasteiger partial charge >= 0.3 is 5.97 Å². The number of carbonyl (C=O) groups is 2. The summed E-state index contributed by atoms with van der Waals surface area (Å²) in [5.74, 6) is -1.75. The monoisotopic (exact) mass is 525 g/mol. The van der Waals surface area contributed by atoms with Crippen LogP contribution in [0.1, 0.15) is 65.1 Å². The lowest BCUT2D eigenvalue weighted by Crippen LogP contribution is -2.29. The van der Waals surface area contributed by atoms with E-state index in [0.29, 0.717) is 24.2 Å². The van der Waals surface area contributed by atoms with Crippen LogP contribution in [0.3, 0.4) is 0 Å². The summed E-state index contributed by atoms with van der Waals surface area (Å²) in [7, 11) is 0. The van der Waals surface area contributed by atoms with Crippen LogP contribution < -0.4 is 0 Å². The van der Waals surface area contributed by atoms with Crippen LogP contribution >= 0.6 is 22.6 Å². The second-order valence-corrected chi connectivity index (χ2v) is 9.63. The highest BCUT2D eigenvalue weighted by atomic mass is 127. The molecule has 0 spiro atoms. The molecule has 2 aromatic rings. The van der Waals surface area contributed by atoms with Gasteiger partial charge < -0.3 is 14.7 Å². The van der Waals surface area contributed by atoms with Crippen LogP contribution in [0, 0.1) is 23.2 Å². The maximum atomic E-state index is 13.6. The third-order valence-corrected chi connectivity index (χ3v) is 6.64. The second kappa shape index (κ2) is 8.26. The number of amides is 1. The van der Waals surface area contributed by atoms with Gasteiger partial charge in [0.15, 0.2) is 6.10 Å². The van der Waals surface area contributed by atoms with Crippen molar-refractivity contribution in [3.05, 3.63) is 67.0 Å². The van der Waals surface area contributed by atoms with Gasteiger partial charge in [0.25, 0.3) is 5.91 Å². The van der Waals surface area contributed by atoms with Crippen LogP contribution in [-0.2, 0) is 22.6 Å². The Hall–Kier alpha value is -2.00. The molecule has 1 N–H and O–H groups in total. The third kappa shape index (κ3) is 4.37. The molecule has 0 fully saturated rings. The van der Waals surface area contributed by atoms with Crippen LogP contribution in [0.2, 0.25) is 0 Å². The number of hydrogen-bond donors (Lipinski definition) is 1. The zero-order chi connectivity index (χ0) is 22.4. The molecule has 1 atom stereocenters. The number of halogens is 2. The van der Waals surface area contributed by atoms with Crippen molar-refractivity contribution in [1.29, 1.82) is 0 Å². The number of aliphatic carboxylic acids is 1. The molecular formula is C23H25FINO4. The average molecular weight is 525 g/mol. The van der Waals surface area contributed by atoms with E-state index < -0.39 is 23.5 Å². The van der Waals surface area contributed by atoms with E-state index in [2.05, 4.69) is 22.6 Å². The number of fused-ring (bicyclic) bond motifs is 1. The standard InChI is InChI=1S/C23H25FINO4/c1-12-16-10-26(21(27)14-7-6-8-15(24)9-14)11-17(16)13(2)19(25)18(12)20(22(28)29)30-23(3,4)5/h6-9,20H,10-11H2,1-5H3,(H,28,29). The molecule has 5 nitrogen and oxygen atoms in total. The molecule has 30 heavy (non-hydrogen) atoms. The number of carboxylic acid groups (broad SMARTS) is 1. The fourth-order valence-electron chi connectivity index (χ4n) is 3.83. The molecule has 0 aliphatic carbocycles. The Bertz CT molecular complexity index is 1030. The van der Waals surface area contributed by atoms with Gasteiger partial charge in [-0.15, -0.1) is 0 Å². The van der Waals surface area contributed by atoms with E-state index in [1.54, 1.807) is 11.0 Å². The normalized spacial score (nSPS) is 14.6. The minimum Gasteiger partial charge on any atom is -0.479 e. The fraction of sp³-hybridized carbons (Fsp3) is 0.391. The first-order valence-electron chi connectivity index (χ1n) is 9.66. The molecule has 1 heterocycles. The Morgan fingerprint density at radius 2 is 1.77 bits per heavy atom. The molecule has 0 radical (unpaired) electrons. The van der Waals surface area contributed by atoms with Gasteiger partial charge in [-0.3, -0.25) is 4.79 Å². The van der Waals surface area contributed by atoms with Crippen LogP contribution in [0.15, 0.2) is 24.3 Å². The van der Waals surface area contributed by atoms with E-state index in [1.165, 1.54) is 18.2 Å². The quantitative estimate of drug-likeness (QED) is 0.562. The van der Waals surface area contributed by atoms with E-state index in [1.807, 2.05) is 34.6 Å². The number of benzene rings is 2. The maximum Gasteiger partial charge on any atom is 0.337 e. The van der Waals surface area contributed by atoms with Crippen LogP contribution in [0.4, 0.5) is 4.39 Å². The number of nitrogens with zero attached hydrogens (tertiary/aromatic N) is 1. The Balaban J connectivity index is 2.03. The third-order valence-electron chi connectivity index (χ3n) is 5.25. The number of carbonyl (C=O) groups excluding carboxylic acids is 1. The van der Waals surface area contributed by atoms with E-state index in [-0.39, 0.29) is 5.91 Å². The summed E-state index contributed by atoms with van der Waals surface area (Å²) in [5, 5.41) is 9.86. The smallest absolute Gasteiger partial charge is 0.337 e. The highest BCUT2D eigenvalue weighted by molar-refractivity contribution is 14.1. The fourth-order valence-corrected chi connectivity index (χ4v) is 4.84. The summed E-state index contributed by atoms with van der Waals surface area (Å²) in [6.07, 6.45) is -1.10. The molecule has 160 valence electrons. The molecular weight excluding hydrogens is 500 g/mol. The Morgan fingerprint density at radius 1 is 1.17 bits per heavy atom. The summed E-state index contributed by atoms with van der Waals surface area (Å²) in [4.78, 5) is 26.6. The van der Waals surface area contributed by atoms with Gasteiger partial charge in [0, 0.05) is 27.8 Å². The zero-order valence-corrected chi connectivity index (χ0v) is 19.8. The number of ether oxygens (including phenoxy) is 1. The van der Waals surface area contributed by atoms with E-state index in [9.17, 15) is 19.1 Å². The molecule has 0 aromatic heterocycles. The van der Waals surface area contributed by atoms with Crippen molar-refractivity contribution < 1.29 is 23.8 Å². The lowest BCUT2D eigenvalue weighted by molar-refractivity contribution is -0.160. The highest BCUT2D eigenvalue weighted by Gasteiger charge is 2.35. The first kappa shape index (κ1) is 22.7. The van der Waals surface area contributed by atoms with Crippen LogP contribution in [0.25, 0.3) is 0 Å². The molecule has 7 heteroatoms. The Morgan fingerprint density at radius 3 is 2.30 bits per heavy atom. The molecule has 2 aromatic carbocycles. The highest BCUT2D eigenvalue weighted by Crippen LogP contribution is 2.40. The molecule has 1 unspecified atom stereocenters. The molecule has 1 amide bonds. The van der Waals surface area contributed by atoms with Gasteiger partial charge in [-0.1, -0.05) is 6.07 Å². The van der Waals surface area contributed by atoms with Crippen molar-refractivity contribution >= 4 is 34.5 Å². The van der Waals surface area contributed by atoms with Gasteiger partial charge in [0.05, 0.1) is 5.60 Å². The SMILES string of the molecule is Cc1c(I)c(C(OC(C)(C)C)C(=O)O)c(C)c2c1CN(C(=O)c1cccc(F)c1)C2. The van der Waals surface area contributed by atoms with Crippen molar-refractivity contribution in [1.82, 2.24) is 4.90 Å². The van der Waals surface area contributed by atoms with Gasteiger partial charge in [-0.2, -0.15) is 0 Å². The van der Waals surface area contributed by atoms with E-state index in [0.717, 1.165) is 25.8 Å². The minimum atomic E-state index is -1.10. The molecule has 0 saturated heterocycles. The van der Waals surface area contributed by atoms with Crippen LogP contribution in [0.5, 0.6) is 0 Å². The van der Waals surface area contributed by atoms with Crippen molar-refractivity contribution in [3.8, 4) is 0 Å². The second-order valence-electron chi connectivity index (χ2n) is 8.55. The van der Waals surface area contributed by atoms with Crippen molar-refractivity contribution in [3.63, 3.8) is 0 Å². The lowest BCUT2D eigenvalue weighted by Gasteiger charge is -2.28. The predicted octanol–water partition coefficient (Wildman–Crippen LogP) is 5.14. The first-order chi connectivity index (χ1) is 13.9. The number of carboxylic acids is 1. The predicted molar refractivity (Wildman–Crippen MR) is 120 cm³/mol. The Labute approximate surface area is 189 Å². The molecule has 1 aliphatic heterocycles. The van der Waals surface area contributed by atoms with Crippen molar-refractivity contribution in [2.45, 2.75) is 59.4 Å². The molecule has 0 saturated carbocycles. The summed E-state index contributed by atoms with van der Waals surface area (Å²) in [5.41, 5.74) is 4.03. The Kier molecular flexibility index (Phi) is 6.25. The number of hydrogen-bond acceptors (Lipinski definition) is 3. The lowest BCUT2D eigenvalue weighted by atomic mass is 9.91. The van der Waals surface area contributed by atoms with E-state index in [4.69, 9.17) is 4.74 Å². The molecule has 0 bridgehead atoms. The summed E-state index contributed by atoms with van der Waals surface area (Å²) in [6.45, 7) is 10.1. The molecule has 1 aliphatic rings. The van der Waals surface area contributed by atoms with Gasteiger partial charge in [0.2, 0.25) is 0 Å². The van der Waals surface area contributed by atoms with Crippen molar-refractivity contribution in [2.24, 2.45) is 0 Å². The van der Waals surface area contributed by atoms with Crippen molar-refractivity contribution in [2.75, 3.05) is 0 Å². The van der Waals surface area contributed by atoms with Gasteiger partial charge in [0.1, 0.15) is 5.82 Å².